The van der Waals surface area contributed by atoms with E-state index >= 15 is 0 Å². The number of fused-ring (bicyclic) bond motifs is 1. The molecule has 23 heavy (non-hydrogen) atoms. The van der Waals surface area contributed by atoms with Crippen LogP contribution in [0.4, 0.5) is 0 Å². The normalized spacial score (nSPS) is 10.6. The van der Waals surface area contributed by atoms with Crippen LogP contribution in [0.15, 0.2) is 60.8 Å². The lowest BCUT2D eigenvalue weighted by Crippen LogP contribution is -2.27. The van der Waals surface area contributed by atoms with Crippen molar-refractivity contribution in [2.45, 2.75) is 12.8 Å². The van der Waals surface area contributed by atoms with E-state index in [1.165, 1.54) is 0 Å². The number of nitrogens with zero attached hydrogens (tertiary/aromatic N) is 1. The lowest BCUT2D eigenvalue weighted by atomic mass is 10.1. The van der Waals surface area contributed by atoms with Gasteiger partial charge in [-0.2, -0.15) is 0 Å². The number of aromatic nitrogens is 1. The summed E-state index contributed by atoms with van der Waals surface area (Å²) >= 11 is 0. The number of phenolic OH excluding ortho intramolecular Hbond substituents is 1. The van der Waals surface area contributed by atoms with Gasteiger partial charge in [-0.3, -0.25) is 9.78 Å². The minimum Gasteiger partial charge on any atom is -0.508 e. The number of carbonyl (C=O) groups excluding carboxylic acids is 1. The number of para-hydroxylation sites is 1. The van der Waals surface area contributed by atoms with Crippen molar-refractivity contribution in [2.75, 3.05) is 6.54 Å². The number of hydrogen-bond acceptors (Lipinski definition) is 3. The summed E-state index contributed by atoms with van der Waals surface area (Å²) in [5.41, 5.74) is 3.00. The predicted molar refractivity (Wildman–Crippen MR) is 90.3 cm³/mol. The Hall–Kier alpha value is -2.88. The van der Waals surface area contributed by atoms with Crippen molar-refractivity contribution in [3.63, 3.8) is 0 Å². The molecule has 0 aliphatic rings. The van der Waals surface area contributed by atoms with Crippen molar-refractivity contribution >= 4 is 16.8 Å². The zero-order chi connectivity index (χ0) is 16.1. The zero-order valence-electron chi connectivity index (χ0n) is 12.7. The van der Waals surface area contributed by atoms with Gasteiger partial charge in [-0.15, -0.1) is 0 Å². The molecule has 4 heteroatoms. The van der Waals surface area contributed by atoms with Gasteiger partial charge in [-0.05, 0) is 35.7 Å². The van der Waals surface area contributed by atoms with E-state index in [0.717, 1.165) is 28.5 Å². The Bertz CT molecular complexity index is 808. The third kappa shape index (κ3) is 3.86. The fourth-order valence-corrected chi connectivity index (χ4v) is 2.57. The first kappa shape index (κ1) is 15.0. The lowest BCUT2D eigenvalue weighted by molar-refractivity contribution is -0.120. The fourth-order valence-electron chi connectivity index (χ4n) is 2.57. The Balaban J connectivity index is 1.56. The predicted octanol–water partition coefficient (Wildman–Crippen LogP) is 2.84. The van der Waals surface area contributed by atoms with E-state index in [4.69, 9.17) is 0 Å². The minimum absolute atomic E-state index is 0.0242. The molecule has 0 fully saturated rings. The molecular weight excluding hydrogens is 288 g/mol. The molecule has 4 nitrogen and oxygen atoms in total. The third-order valence-electron chi connectivity index (χ3n) is 3.73. The van der Waals surface area contributed by atoms with Crippen LogP contribution in [0.5, 0.6) is 5.75 Å². The van der Waals surface area contributed by atoms with E-state index in [1.54, 1.807) is 30.5 Å². The number of pyridine rings is 1. The highest BCUT2D eigenvalue weighted by Gasteiger charge is 2.05. The van der Waals surface area contributed by atoms with Gasteiger partial charge in [0.05, 0.1) is 11.9 Å². The van der Waals surface area contributed by atoms with Crippen molar-refractivity contribution in [2.24, 2.45) is 0 Å². The van der Waals surface area contributed by atoms with E-state index < -0.39 is 0 Å². The van der Waals surface area contributed by atoms with Crippen LogP contribution in [0.25, 0.3) is 10.9 Å². The molecular formula is C19H18N2O2. The monoisotopic (exact) mass is 306 g/mol. The minimum atomic E-state index is -0.0242. The van der Waals surface area contributed by atoms with E-state index in [9.17, 15) is 9.90 Å². The number of nitrogens with one attached hydrogen (secondary N) is 1. The summed E-state index contributed by atoms with van der Waals surface area (Å²) in [5.74, 6) is 0.182. The lowest BCUT2D eigenvalue weighted by Gasteiger charge is -2.08. The van der Waals surface area contributed by atoms with Crippen LogP contribution in [0, 0.1) is 0 Å². The second-order valence-electron chi connectivity index (χ2n) is 5.44. The molecule has 116 valence electrons. The number of rotatable bonds is 5. The summed E-state index contributed by atoms with van der Waals surface area (Å²) in [6.45, 7) is 0.576. The molecule has 1 amide bonds. The summed E-state index contributed by atoms with van der Waals surface area (Å²) in [4.78, 5) is 16.4. The van der Waals surface area contributed by atoms with Gasteiger partial charge in [0.15, 0.2) is 0 Å². The summed E-state index contributed by atoms with van der Waals surface area (Å²) in [6.07, 6.45) is 2.85. The second-order valence-corrected chi connectivity index (χ2v) is 5.44. The van der Waals surface area contributed by atoms with Crippen molar-refractivity contribution < 1.29 is 9.90 Å². The molecule has 0 aliphatic carbocycles. The standard InChI is InChI=1S/C19H18N2O2/c22-17-8-6-14(7-9-17)13-18(23)20-12-10-16-4-1-3-15-5-2-11-21-19(15)16/h1-9,11,22H,10,12-13H2,(H,20,23). The maximum absolute atomic E-state index is 12.0. The third-order valence-corrected chi connectivity index (χ3v) is 3.73. The van der Waals surface area contributed by atoms with E-state index in [2.05, 4.69) is 10.3 Å². The Morgan fingerprint density at radius 2 is 1.83 bits per heavy atom. The average Bonchev–Trinajstić information content (AvgIpc) is 2.57. The van der Waals surface area contributed by atoms with Crippen LogP contribution in [-0.2, 0) is 17.6 Å². The smallest absolute Gasteiger partial charge is 0.224 e. The molecule has 3 aromatic rings. The first-order valence-corrected chi connectivity index (χ1v) is 7.59. The van der Waals surface area contributed by atoms with Gasteiger partial charge < -0.3 is 10.4 Å². The van der Waals surface area contributed by atoms with Crippen LogP contribution >= 0.6 is 0 Å². The number of amides is 1. The first-order chi connectivity index (χ1) is 11.2. The molecule has 0 saturated heterocycles. The van der Waals surface area contributed by atoms with Gasteiger partial charge in [0, 0.05) is 18.1 Å². The van der Waals surface area contributed by atoms with Gasteiger partial charge in [0.2, 0.25) is 5.91 Å². The highest BCUT2D eigenvalue weighted by molar-refractivity contribution is 5.82. The first-order valence-electron chi connectivity index (χ1n) is 7.59. The number of hydrogen-bond donors (Lipinski definition) is 2. The van der Waals surface area contributed by atoms with Crippen molar-refractivity contribution in [1.29, 1.82) is 0 Å². The molecule has 2 N–H and O–H groups in total. The van der Waals surface area contributed by atoms with Gasteiger partial charge in [0.1, 0.15) is 5.75 Å². The Kier molecular flexibility index (Phi) is 4.52. The van der Waals surface area contributed by atoms with Crippen LogP contribution in [-0.4, -0.2) is 22.5 Å². The van der Waals surface area contributed by atoms with Crippen LogP contribution < -0.4 is 5.32 Å². The summed E-state index contributed by atoms with van der Waals surface area (Å²) in [6, 6.07) is 16.7. The van der Waals surface area contributed by atoms with Gasteiger partial charge in [-0.25, -0.2) is 0 Å². The average molecular weight is 306 g/mol. The Labute approximate surface area is 134 Å². The fraction of sp³-hybridized carbons (Fsp3) is 0.158. The summed E-state index contributed by atoms with van der Waals surface area (Å²) < 4.78 is 0. The maximum atomic E-state index is 12.0. The van der Waals surface area contributed by atoms with Crippen molar-refractivity contribution in [3.8, 4) is 5.75 Å². The second kappa shape index (κ2) is 6.92. The van der Waals surface area contributed by atoms with E-state index in [1.807, 2.05) is 30.3 Å². The van der Waals surface area contributed by atoms with Crippen molar-refractivity contribution in [1.82, 2.24) is 10.3 Å². The molecule has 1 aromatic heterocycles. The SMILES string of the molecule is O=C(Cc1ccc(O)cc1)NCCc1cccc2cccnc12. The quantitative estimate of drug-likeness (QED) is 0.762. The molecule has 0 aliphatic heterocycles. The van der Waals surface area contributed by atoms with E-state index in [-0.39, 0.29) is 11.7 Å². The maximum Gasteiger partial charge on any atom is 0.224 e. The van der Waals surface area contributed by atoms with Crippen LogP contribution in [0.2, 0.25) is 0 Å². The molecule has 1 heterocycles. The Morgan fingerprint density at radius 3 is 2.65 bits per heavy atom. The molecule has 3 rings (SSSR count). The Morgan fingerprint density at radius 1 is 1.04 bits per heavy atom. The van der Waals surface area contributed by atoms with Gasteiger partial charge >= 0.3 is 0 Å². The summed E-state index contributed by atoms with van der Waals surface area (Å²) in [7, 11) is 0. The summed E-state index contributed by atoms with van der Waals surface area (Å²) in [5, 5.41) is 13.3. The molecule has 0 saturated carbocycles. The van der Waals surface area contributed by atoms with Crippen LogP contribution in [0.3, 0.4) is 0 Å². The van der Waals surface area contributed by atoms with Gasteiger partial charge in [-0.1, -0.05) is 36.4 Å². The molecule has 0 spiro atoms. The number of carbonyl (C=O) groups is 1. The largest absolute Gasteiger partial charge is 0.508 e. The van der Waals surface area contributed by atoms with Crippen LogP contribution in [0.1, 0.15) is 11.1 Å². The number of aromatic hydroxyl groups is 1. The molecule has 0 radical (unpaired) electrons. The van der Waals surface area contributed by atoms with Crippen molar-refractivity contribution in [3.05, 3.63) is 71.9 Å². The molecule has 0 atom stereocenters. The van der Waals surface area contributed by atoms with Gasteiger partial charge in [0.25, 0.3) is 0 Å². The molecule has 2 aromatic carbocycles. The van der Waals surface area contributed by atoms with E-state index in [0.29, 0.717) is 13.0 Å². The molecule has 0 unspecified atom stereocenters. The zero-order valence-corrected chi connectivity index (χ0v) is 12.7. The number of phenols is 1. The number of benzene rings is 2. The molecule has 0 bridgehead atoms. The highest BCUT2D eigenvalue weighted by Crippen LogP contribution is 2.16. The topological polar surface area (TPSA) is 62.2 Å². The highest BCUT2D eigenvalue weighted by atomic mass is 16.3.